The van der Waals surface area contributed by atoms with Gasteiger partial charge in [-0.25, -0.2) is 0 Å². The van der Waals surface area contributed by atoms with Gasteiger partial charge in [-0.05, 0) is 99.9 Å². The van der Waals surface area contributed by atoms with E-state index in [1.807, 2.05) is 0 Å². The summed E-state index contributed by atoms with van der Waals surface area (Å²) in [5, 5.41) is 0. The molecule has 2 nitrogen and oxygen atoms in total. The number of benzene rings is 2. The van der Waals surface area contributed by atoms with E-state index in [1.54, 1.807) is 0 Å². The van der Waals surface area contributed by atoms with Crippen LogP contribution >= 0.6 is 0 Å². The standard InChI is InChI=1S/C28H40N2.Pd/c1-7-9-11-12-14-28(30-26-19-23(5)16-24(6)20-26)27(13-10-8-2)29-25-17-21(3)15-22(4)18-25;/h15-20H,7-14H2,1-6H3;/b29-27+,30-28+;. The number of hydrogen-bond donors (Lipinski definition) is 0. The Bertz CT molecular complexity index is 840. The van der Waals surface area contributed by atoms with Gasteiger partial charge in [0.1, 0.15) is 0 Å². The first-order valence-electron chi connectivity index (χ1n) is 11.7. The van der Waals surface area contributed by atoms with Gasteiger partial charge in [-0.2, -0.15) is 0 Å². The minimum absolute atomic E-state index is 0. The van der Waals surface area contributed by atoms with Crippen molar-refractivity contribution in [1.29, 1.82) is 0 Å². The van der Waals surface area contributed by atoms with Crippen molar-refractivity contribution in [2.24, 2.45) is 9.98 Å². The Morgan fingerprint density at radius 3 is 1.32 bits per heavy atom. The molecule has 0 saturated heterocycles. The minimum atomic E-state index is 0. The van der Waals surface area contributed by atoms with Crippen LogP contribution in [0.5, 0.6) is 0 Å². The number of rotatable bonds is 11. The van der Waals surface area contributed by atoms with Gasteiger partial charge < -0.3 is 0 Å². The van der Waals surface area contributed by atoms with Crippen molar-refractivity contribution in [3.05, 3.63) is 58.7 Å². The van der Waals surface area contributed by atoms with Crippen LogP contribution < -0.4 is 0 Å². The zero-order chi connectivity index (χ0) is 21.9. The van der Waals surface area contributed by atoms with Crippen LogP contribution in [-0.2, 0) is 20.4 Å². The molecule has 2 aromatic carbocycles. The first kappa shape index (κ1) is 27.5. The molecule has 0 aliphatic rings. The third kappa shape index (κ3) is 10.1. The Kier molecular flexibility index (Phi) is 12.8. The first-order chi connectivity index (χ1) is 14.4. The van der Waals surface area contributed by atoms with Gasteiger partial charge >= 0.3 is 0 Å². The third-order valence-corrected chi connectivity index (χ3v) is 5.31. The Morgan fingerprint density at radius 1 is 0.548 bits per heavy atom. The second-order valence-electron chi connectivity index (χ2n) is 8.72. The maximum absolute atomic E-state index is 5.16. The Labute approximate surface area is 204 Å². The molecule has 0 spiro atoms. The Balaban J connectivity index is 0.00000480. The zero-order valence-electron chi connectivity index (χ0n) is 20.3. The van der Waals surface area contributed by atoms with E-state index in [0.717, 1.165) is 36.3 Å². The van der Waals surface area contributed by atoms with Gasteiger partial charge in [0.2, 0.25) is 0 Å². The van der Waals surface area contributed by atoms with Crippen molar-refractivity contribution < 1.29 is 20.4 Å². The summed E-state index contributed by atoms with van der Waals surface area (Å²) in [5.74, 6) is 0. The third-order valence-electron chi connectivity index (χ3n) is 5.31. The van der Waals surface area contributed by atoms with E-state index < -0.39 is 0 Å². The predicted octanol–water partition coefficient (Wildman–Crippen LogP) is 8.92. The molecule has 0 aromatic heterocycles. The molecule has 0 saturated carbocycles. The monoisotopic (exact) mass is 510 g/mol. The maximum atomic E-state index is 5.16. The summed E-state index contributed by atoms with van der Waals surface area (Å²) in [6, 6.07) is 13.2. The van der Waals surface area contributed by atoms with Gasteiger partial charge in [0, 0.05) is 20.4 Å². The van der Waals surface area contributed by atoms with E-state index in [9.17, 15) is 0 Å². The molecule has 0 aliphatic carbocycles. The summed E-state index contributed by atoms with van der Waals surface area (Å²) in [6.45, 7) is 13.1. The number of aryl methyl sites for hydroxylation is 4. The van der Waals surface area contributed by atoms with E-state index in [-0.39, 0.29) is 20.4 Å². The number of hydrogen-bond acceptors (Lipinski definition) is 2. The molecule has 3 heteroatoms. The van der Waals surface area contributed by atoms with Crippen LogP contribution in [0, 0.1) is 27.7 Å². The fraction of sp³-hybridized carbons (Fsp3) is 0.500. The van der Waals surface area contributed by atoms with Crippen LogP contribution in [0.2, 0.25) is 0 Å². The van der Waals surface area contributed by atoms with Crippen molar-refractivity contribution in [2.75, 3.05) is 0 Å². The molecular formula is C28H40N2Pd. The minimum Gasteiger partial charge on any atom is -0.252 e. The average molecular weight is 511 g/mol. The van der Waals surface area contributed by atoms with Crippen molar-refractivity contribution in [2.45, 2.75) is 92.9 Å². The second kappa shape index (κ2) is 14.5. The topological polar surface area (TPSA) is 24.7 Å². The van der Waals surface area contributed by atoms with Crippen LogP contribution in [0.4, 0.5) is 11.4 Å². The number of aliphatic imine (C=N–C) groups is 2. The molecule has 31 heavy (non-hydrogen) atoms. The molecule has 172 valence electrons. The van der Waals surface area contributed by atoms with Gasteiger partial charge in [0.25, 0.3) is 0 Å². The molecule has 0 amide bonds. The summed E-state index contributed by atoms with van der Waals surface area (Å²) < 4.78 is 0. The fourth-order valence-electron chi connectivity index (χ4n) is 3.93. The average Bonchev–Trinajstić information content (AvgIpc) is 2.66. The van der Waals surface area contributed by atoms with Crippen molar-refractivity contribution in [3.63, 3.8) is 0 Å². The smallest absolute Gasteiger partial charge is 0.0639 e. The molecule has 0 radical (unpaired) electrons. The molecule has 0 aliphatic heterocycles. The fourth-order valence-corrected chi connectivity index (χ4v) is 3.93. The predicted molar refractivity (Wildman–Crippen MR) is 134 cm³/mol. The Morgan fingerprint density at radius 2 is 0.935 bits per heavy atom. The van der Waals surface area contributed by atoms with E-state index >= 15 is 0 Å². The van der Waals surface area contributed by atoms with Gasteiger partial charge in [-0.3, -0.25) is 9.98 Å². The molecule has 0 unspecified atom stereocenters. The number of unbranched alkanes of at least 4 members (excludes halogenated alkanes) is 4. The van der Waals surface area contributed by atoms with Crippen LogP contribution in [-0.4, -0.2) is 11.4 Å². The summed E-state index contributed by atoms with van der Waals surface area (Å²) in [5.41, 5.74) is 9.50. The summed E-state index contributed by atoms with van der Waals surface area (Å²) in [7, 11) is 0. The van der Waals surface area contributed by atoms with Crippen LogP contribution in [0.15, 0.2) is 46.4 Å². The summed E-state index contributed by atoms with van der Waals surface area (Å²) >= 11 is 0. The molecule has 0 heterocycles. The van der Waals surface area contributed by atoms with Gasteiger partial charge in [0.15, 0.2) is 0 Å². The number of nitrogens with zero attached hydrogens (tertiary/aromatic N) is 2. The van der Waals surface area contributed by atoms with Crippen LogP contribution in [0.25, 0.3) is 0 Å². The largest absolute Gasteiger partial charge is 0.252 e. The van der Waals surface area contributed by atoms with Gasteiger partial charge in [0.05, 0.1) is 22.8 Å². The SMILES string of the molecule is CCCCCCC(=N\c1cc(C)cc(C)c1)/C(CCCC)=N/c1cc(C)cc(C)c1.[Pd]. The van der Waals surface area contributed by atoms with E-state index in [2.05, 4.69) is 77.9 Å². The zero-order valence-corrected chi connectivity index (χ0v) is 21.9. The van der Waals surface area contributed by atoms with E-state index in [0.29, 0.717) is 0 Å². The maximum Gasteiger partial charge on any atom is 0.0639 e. The molecule has 0 N–H and O–H groups in total. The van der Waals surface area contributed by atoms with Crippen molar-refractivity contribution in [1.82, 2.24) is 0 Å². The van der Waals surface area contributed by atoms with Gasteiger partial charge in [-0.1, -0.05) is 51.7 Å². The van der Waals surface area contributed by atoms with Crippen LogP contribution in [0.1, 0.15) is 87.5 Å². The molecule has 0 fully saturated rings. The van der Waals surface area contributed by atoms with Crippen molar-refractivity contribution in [3.8, 4) is 0 Å². The molecular weight excluding hydrogens is 471 g/mol. The Hall–Kier alpha value is -1.56. The molecule has 2 aromatic rings. The van der Waals surface area contributed by atoms with E-state index in [4.69, 9.17) is 9.98 Å². The molecule has 2 rings (SSSR count). The van der Waals surface area contributed by atoms with E-state index in [1.165, 1.54) is 60.1 Å². The quantitative estimate of drug-likeness (QED) is 0.164. The van der Waals surface area contributed by atoms with Gasteiger partial charge in [-0.15, -0.1) is 0 Å². The summed E-state index contributed by atoms with van der Waals surface area (Å²) in [6.07, 6.45) is 9.27. The normalized spacial score (nSPS) is 12.1. The van der Waals surface area contributed by atoms with Crippen molar-refractivity contribution >= 4 is 22.8 Å². The van der Waals surface area contributed by atoms with Crippen LogP contribution in [0.3, 0.4) is 0 Å². The molecule has 0 bridgehead atoms. The molecule has 0 atom stereocenters. The summed E-state index contributed by atoms with van der Waals surface area (Å²) in [4.78, 5) is 10.3. The first-order valence-corrected chi connectivity index (χ1v) is 11.7. The second-order valence-corrected chi connectivity index (χ2v) is 8.72.